The van der Waals surface area contributed by atoms with Crippen molar-refractivity contribution in [2.24, 2.45) is 14.1 Å². The SMILES string of the molecule is Cn1c(=O)c2c(nc(Cl)n2CCOc2ccc3ccccc3c2)n(C)c1=O. The van der Waals surface area contributed by atoms with Crippen LogP contribution < -0.4 is 16.0 Å². The van der Waals surface area contributed by atoms with Crippen molar-refractivity contribution in [3.8, 4) is 5.75 Å². The monoisotopic (exact) mass is 384 g/mol. The zero-order valence-corrected chi connectivity index (χ0v) is 15.6. The van der Waals surface area contributed by atoms with Crippen LogP contribution in [-0.2, 0) is 20.6 Å². The van der Waals surface area contributed by atoms with Gasteiger partial charge in [0, 0.05) is 14.1 Å². The molecule has 2 aromatic carbocycles. The summed E-state index contributed by atoms with van der Waals surface area (Å²) in [6.45, 7) is 0.630. The molecule has 0 aliphatic carbocycles. The first-order valence-electron chi connectivity index (χ1n) is 8.40. The molecule has 0 aliphatic rings. The Morgan fingerprint density at radius 3 is 2.56 bits per heavy atom. The van der Waals surface area contributed by atoms with Gasteiger partial charge in [0.1, 0.15) is 12.4 Å². The van der Waals surface area contributed by atoms with Crippen molar-refractivity contribution in [1.29, 1.82) is 0 Å². The third kappa shape index (κ3) is 2.90. The van der Waals surface area contributed by atoms with Gasteiger partial charge in [-0.2, -0.15) is 4.98 Å². The molecule has 0 N–H and O–H groups in total. The van der Waals surface area contributed by atoms with Crippen molar-refractivity contribution < 1.29 is 4.74 Å². The standard InChI is InChI=1S/C19H17ClN4O3/c1-22-16-15(17(25)23(2)19(22)26)24(18(20)21-16)9-10-27-14-8-7-12-5-3-4-6-13(12)11-14/h3-8,11H,9-10H2,1-2H3. The first kappa shape index (κ1) is 17.4. The van der Waals surface area contributed by atoms with E-state index in [1.54, 1.807) is 11.6 Å². The van der Waals surface area contributed by atoms with Crippen LogP contribution in [0.1, 0.15) is 0 Å². The van der Waals surface area contributed by atoms with Gasteiger partial charge in [-0.3, -0.25) is 13.9 Å². The number of imidazole rings is 1. The largest absolute Gasteiger partial charge is 0.492 e. The highest BCUT2D eigenvalue weighted by atomic mass is 35.5. The Morgan fingerprint density at radius 1 is 1.04 bits per heavy atom. The number of benzene rings is 2. The summed E-state index contributed by atoms with van der Waals surface area (Å²) in [4.78, 5) is 28.7. The van der Waals surface area contributed by atoms with Crippen LogP contribution in [0.25, 0.3) is 21.9 Å². The van der Waals surface area contributed by atoms with E-state index in [0.717, 1.165) is 21.1 Å². The number of fused-ring (bicyclic) bond motifs is 2. The second-order valence-electron chi connectivity index (χ2n) is 6.27. The summed E-state index contributed by atoms with van der Waals surface area (Å²) in [6.07, 6.45) is 0. The van der Waals surface area contributed by atoms with Gasteiger partial charge in [-0.05, 0) is 34.5 Å². The summed E-state index contributed by atoms with van der Waals surface area (Å²) >= 11 is 6.21. The van der Waals surface area contributed by atoms with Crippen molar-refractivity contribution in [3.05, 3.63) is 68.6 Å². The van der Waals surface area contributed by atoms with Crippen molar-refractivity contribution in [3.63, 3.8) is 0 Å². The molecule has 27 heavy (non-hydrogen) atoms. The lowest BCUT2D eigenvalue weighted by molar-refractivity contribution is 0.300. The summed E-state index contributed by atoms with van der Waals surface area (Å²) in [7, 11) is 2.99. The molecule has 0 unspecified atom stereocenters. The van der Waals surface area contributed by atoms with Gasteiger partial charge >= 0.3 is 5.69 Å². The van der Waals surface area contributed by atoms with Crippen molar-refractivity contribution in [2.45, 2.75) is 6.54 Å². The van der Waals surface area contributed by atoms with E-state index < -0.39 is 11.2 Å². The van der Waals surface area contributed by atoms with Crippen LogP contribution in [0.5, 0.6) is 5.75 Å². The number of halogens is 1. The Hall–Kier alpha value is -3.06. The van der Waals surface area contributed by atoms with Gasteiger partial charge in [0.2, 0.25) is 5.28 Å². The Kier molecular flexibility index (Phi) is 4.24. The smallest absolute Gasteiger partial charge is 0.332 e. The zero-order chi connectivity index (χ0) is 19.1. The first-order chi connectivity index (χ1) is 13.0. The maximum Gasteiger partial charge on any atom is 0.332 e. The highest BCUT2D eigenvalue weighted by Gasteiger charge is 2.17. The molecule has 138 valence electrons. The Balaban J connectivity index is 1.63. The lowest BCUT2D eigenvalue weighted by Crippen LogP contribution is -2.37. The molecule has 7 nitrogen and oxygen atoms in total. The van der Waals surface area contributed by atoms with Crippen LogP contribution in [0.15, 0.2) is 52.1 Å². The third-order valence-electron chi connectivity index (χ3n) is 4.61. The van der Waals surface area contributed by atoms with Gasteiger partial charge < -0.3 is 9.30 Å². The van der Waals surface area contributed by atoms with E-state index in [0.29, 0.717) is 13.2 Å². The number of aryl methyl sites for hydroxylation is 1. The topological polar surface area (TPSA) is 71.0 Å². The molecule has 0 atom stereocenters. The maximum absolute atomic E-state index is 12.5. The van der Waals surface area contributed by atoms with Crippen LogP contribution in [0, 0.1) is 0 Å². The normalized spacial score (nSPS) is 11.4. The molecule has 0 bridgehead atoms. The molecular weight excluding hydrogens is 368 g/mol. The van der Waals surface area contributed by atoms with E-state index in [1.807, 2.05) is 42.5 Å². The van der Waals surface area contributed by atoms with Crippen LogP contribution in [0.4, 0.5) is 0 Å². The molecule has 0 saturated heterocycles. The van der Waals surface area contributed by atoms with Gasteiger partial charge in [-0.25, -0.2) is 4.79 Å². The minimum Gasteiger partial charge on any atom is -0.492 e. The molecule has 0 fully saturated rings. The van der Waals surface area contributed by atoms with Gasteiger partial charge in [-0.15, -0.1) is 0 Å². The molecule has 8 heteroatoms. The number of aromatic nitrogens is 4. The van der Waals surface area contributed by atoms with Crippen molar-refractivity contribution in [2.75, 3.05) is 6.61 Å². The average Bonchev–Trinajstić information content (AvgIpc) is 3.01. The lowest BCUT2D eigenvalue weighted by Gasteiger charge is -2.10. The quantitative estimate of drug-likeness (QED) is 0.506. The van der Waals surface area contributed by atoms with Crippen LogP contribution in [-0.4, -0.2) is 25.3 Å². The average molecular weight is 385 g/mol. The third-order valence-corrected chi connectivity index (χ3v) is 4.89. The second-order valence-corrected chi connectivity index (χ2v) is 6.61. The molecule has 4 aromatic rings. The summed E-state index contributed by atoms with van der Waals surface area (Å²) in [5, 5.41) is 2.37. The summed E-state index contributed by atoms with van der Waals surface area (Å²) in [5.41, 5.74) is -0.329. The second kappa shape index (κ2) is 6.59. The molecule has 4 rings (SSSR count). The van der Waals surface area contributed by atoms with Crippen molar-refractivity contribution >= 4 is 33.5 Å². The number of ether oxygens (including phenoxy) is 1. The molecule has 0 aliphatic heterocycles. The molecular formula is C19H17ClN4O3. The van der Waals surface area contributed by atoms with Crippen LogP contribution in [0.2, 0.25) is 5.28 Å². The predicted molar refractivity (Wildman–Crippen MR) is 105 cm³/mol. The van der Waals surface area contributed by atoms with Crippen LogP contribution in [0.3, 0.4) is 0 Å². The first-order valence-corrected chi connectivity index (χ1v) is 8.78. The Morgan fingerprint density at radius 2 is 1.78 bits per heavy atom. The van der Waals surface area contributed by atoms with E-state index in [1.165, 1.54) is 11.6 Å². The predicted octanol–water partition coefficient (Wildman–Crippen LogP) is 2.32. The summed E-state index contributed by atoms with van der Waals surface area (Å²) in [6, 6.07) is 13.9. The van der Waals surface area contributed by atoms with Gasteiger partial charge in [-0.1, -0.05) is 30.3 Å². The molecule has 0 saturated carbocycles. The Bertz CT molecular complexity index is 1290. The fourth-order valence-electron chi connectivity index (χ4n) is 3.14. The summed E-state index contributed by atoms with van der Waals surface area (Å²) < 4.78 is 9.75. The number of hydrogen-bond donors (Lipinski definition) is 0. The number of rotatable bonds is 4. The van der Waals surface area contributed by atoms with E-state index in [2.05, 4.69) is 4.98 Å². The lowest BCUT2D eigenvalue weighted by atomic mass is 10.1. The molecule has 2 aromatic heterocycles. The van der Waals surface area contributed by atoms with Gasteiger partial charge in [0.05, 0.1) is 6.54 Å². The molecule has 0 amide bonds. The summed E-state index contributed by atoms with van der Waals surface area (Å²) in [5.74, 6) is 0.731. The molecule has 2 heterocycles. The number of nitrogens with zero attached hydrogens (tertiary/aromatic N) is 4. The minimum atomic E-state index is -0.443. The molecule has 0 radical (unpaired) electrons. The highest BCUT2D eigenvalue weighted by Crippen LogP contribution is 2.21. The van der Waals surface area contributed by atoms with E-state index >= 15 is 0 Å². The zero-order valence-electron chi connectivity index (χ0n) is 14.8. The number of hydrogen-bond acceptors (Lipinski definition) is 4. The highest BCUT2D eigenvalue weighted by molar-refractivity contribution is 6.29. The van der Waals surface area contributed by atoms with E-state index in [4.69, 9.17) is 16.3 Å². The fourth-order valence-corrected chi connectivity index (χ4v) is 3.39. The maximum atomic E-state index is 12.5. The van der Waals surface area contributed by atoms with Gasteiger partial charge in [0.25, 0.3) is 5.56 Å². The minimum absolute atomic E-state index is 0.144. The Labute approximate surface area is 159 Å². The van der Waals surface area contributed by atoms with E-state index in [-0.39, 0.29) is 16.4 Å². The van der Waals surface area contributed by atoms with E-state index in [9.17, 15) is 9.59 Å². The fraction of sp³-hybridized carbons (Fsp3) is 0.211. The van der Waals surface area contributed by atoms with Crippen molar-refractivity contribution in [1.82, 2.24) is 18.7 Å². The van der Waals surface area contributed by atoms with Crippen LogP contribution >= 0.6 is 11.6 Å². The van der Waals surface area contributed by atoms with Gasteiger partial charge in [0.15, 0.2) is 11.2 Å². The molecule has 0 spiro atoms.